The fourth-order valence-electron chi connectivity index (χ4n) is 7.65. The number of aliphatic hydroxyl groups excluding tert-OH is 5. The van der Waals surface area contributed by atoms with Crippen LogP contribution in [0.15, 0.2) is 134 Å². The summed E-state index contributed by atoms with van der Waals surface area (Å²) in [6.45, 7) is 3.55. The third-order valence-electron chi connectivity index (χ3n) is 12.0. The molecule has 0 aromatic carbocycles. The van der Waals surface area contributed by atoms with E-state index in [9.17, 15) is 30.3 Å². The van der Waals surface area contributed by atoms with E-state index in [0.29, 0.717) is 6.42 Å². The van der Waals surface area contributed by atoms with Gasteiger partial charge in [0.15, 0.2) is 6.29 Å². The molecule has 9 nitrogen and oxygen atoms in total. The van der Waals surface area contributed by atoms with E-state index in [1.807, 2.05) is 6.08 Å². The lowest BCUT2D eigenvalue weighted by Gasteiger charge is -2.40. The summed E-state index contributed by atoms with van der Waals surface area (Å²) in [7, 11) is 0. The maximum absolute atomic E-state index is 12.9. The molecule has 0 bridgehead atoms. The zero-order chi connectivity index (χ0) is 50.8. The first kappa shape index (κ1) is 64.3. The van der Waals surface area contributed by atoms with Gasteiger partial charge in [-0.25, -0.2) is 0 Å². The summed E-state index contributed by atoms with van der Waals surface area (Å²) in [6, 6.07) is -0.812. The number of hydrogen-bond acceptors (Lipinski definition) is 8. The normalized spacial score (nSPS) is 20.5. The van der Waals surface area contributed by atoms with Crippen molar-refractivity contribution in [2.24, 2.45) is 0 Å². The number of amides is 1. The van der Waals surface area contributed by atoms with Crippen LogP contribution in [0.4, 0.5) is 0 Å². The molecule has 1 aliphatic rings. The highest BCUT2D eigenvalue weighted by molar-refractivity contribution is 5.76. The highest BCUT2D eigenvalue weighted by Gasteiger charge is 2.44. The number of allylic oxidation sites excluding steroid dienone is 21. The molecule has 1 amide bonds. The molecule has 1 rings (SSSR count). The van der Waals surface area contributed by atoms with Gasteiger partial charge in [0.2, 0.25) is 5.91 Å². The number of ether oxygens (including phenoxy) is 2. The van der Waals surface area contributed by atoms with Gasteiger partial charge in [0.05, 0.1) is 25.4 Å². The quantitative estimate of drug-likeness (QED) is 0.0261. The standard InChI is InChI=1S/C61H99NO8/c1-3-5-7-9-11-12-13-14-15-16-17-18-19-20-21-22-23-24-25-26-27-28-29-30-31-32-33-34-35-36-37-38-39-40-41-42-43-44-45-47-49-51-57(65)62-54(55(64)50-48-46-10-8-6-4-2)53-69-61-60(68)59(67)58(66)56(52-63)70-61/h5,7,11-12,14-15,17-18,20-21,23-24,26-27,29-30,32-33,35-36,48,50,54-56,58-61,63-64,66-68H,3-4,6,8-10,13,16,19,22,25,28,31,34,37-47,49,51-53H2,1-2H3,(H,62,65)/b7-5-,12-11-,15-14-,18-17-,21-20-,24-23-,27-26-,30-29-,33-32-,36-35-,50-48+. The van der Waals surface area contributed by atoms with Crippen molar-refractivity contribution in [2.45, 2.75) is 230 Å². The van der Waals surface area contributed by atoms with Gasteiger partial charge >= 0.3 is 0 Å². The van der Waals surface area contributed by atoms with Crippen molar-refractivity contribution < 1.29 is 39.8 Å². The van der Waals surface area contributed by atoms with Crippen molar-refractivity contribution >= 4 is 5.91 Å². The highest BCUT2D eigenvalue weighted by Crippen LogP contribution is 2.22. The van der Waals surface area contributed by atoms with Crippen LogP contribution >= 0.6 is 0 Å². The maximum atomic E-state index is 12.9. The molecule has 7 unspecified atom stereocenters. The molecule has 0 saturated carbocycles. The summed E-state index contributed by atoms with van der Waals surface area (Å²) in [6.07, 6.45) is 68.5. The summed E-state index contributed by atoms with van der Waals surface area (Å²) in [4.78, 5) is 12.9. The molecule has 0 spiro atoms. The van der Waals surface area contributed by atoms with E-state index in [2.05, 4.69) is 141 Å². The Bertz CT molecular complexity index is 1550. The molecule has 1 saturated heterocycles. The van der Waals surface area contributed by atoms with Gasteiger partial charge in [-0.3, -0.25) is 4.79 Å². The van der Waals surface area contributed by atoms with Crippen molar-refractivity contribution in [1.29, 1.82) is 0 Å². The van der Waals surface area contributed by atoms with Crippen LogP contribution in [0.5, 0.6) is 0 Å². The van der Waals surface area contributed by atoms with Gasteiger partial charge < -0.3 is 40.3 Å². The zero-order valence-corrected chi connectivity index (χ0v) is 43.7. The fourth-order valence-corrected chi connectivity index (χ4v) is 7.65. The van der Waals surface area contributed by atoms with E-state index in [0.717, 1.165) is 128 Å². The average molecular weight is 974 g/mol. The van der Waals surface area contributed by atoms with E-state index in [-0.39, 0.29) is 12.5 Å². The molecule has 396 valence electrons. The number of rotatable bonds is 44. The van der Waals surface area contributed by atoms with Crippen LogP contribution in [-0.4, -0.2) is 87.5 Å². The Morgan fingerprint density at radius 3 is 1.31 bits per heavy atom. The van der Waals surface area contributed by atoms with Gasteiger partial charge in [0.25, 0.3) is 0 Å². The molecule has 9 heteroatoms. The van der Waals surface area contributed by atoms with Crippen molar-refractivity contribution in [2.75, 3.05) is 13.2 Å². The van der Waals surface area contributed by atoms with E-state index in [4.69, 9.17) is 9.47 Å². The molecule has 1 fully saturated rings. The Kier molecular flexibility index (Phi) is 45.0. The van der Waals surface area contributed by atoms with Crippen LogP contribution in [0.2, 0.25) is 0 Å². The number of nitrogens with one attached hydrogen (secondary N) is 1. The monoisotopic (exact) mass is 974 g/mol. The molecular formula is C61H99NO8. The van der Waals surface area contributed by atoms with Crippen LogP contribution in [0.1, 0.15) is 187 Å². The Balaban J connectivity index is 2.06. The van der Waals surface area contributed by atoms with Gasteiger partial charge in [0.1, 0.15) is 24.4 Å². The Labute approximate surface area is 426 Å². The minimum Gasteiger partial charge on any atom is -0.394 e. The molecule has 0 radical (unpaired) electrons. The third kappa shape index (κ3) is 38.1. The molecule has 70 heavy (non-hydrogen) atoms. The number of aliphatic hydroxyl groups is 5. The number of carbonyl (C=O) groups is 1. The van der Waals surface area contributed by atoms with Gasteiger partial charge in [-0.05, 0) is 96.3 Å². The lowest BCUT2D eigenvalue weighted by molar-refractivity contribution is -0.302. The summed E-state index contributed by atoms with van der Waals surface area (Å²) in [5.74, 6) is -0.194. The Hall–Kier alpha value is -3.67. The highest BCUT2D eigenvalue weighted by atomic mass is 16.7. The predicted molar refractivity (Wildman–Crippen MR) is 294 cm³/mol. The van der Waals surface area contributed by atoms with E-state index < -0.39 is 49.5 Å². The number of hydrogen-bond donors (Lipinski definition) is 6. The van der Waals surface area contributed by atoms with Gasteiger partial charge in [0, 0.05) is 6.42 Å². The molecular weight excluding hydrogens is 875 g/mol. The zero-order valence-electron chi connectivity index (χ0n) is 43.7. The number of carbonyl (C=O) groups excluding carboxylic acids is 1. The van der Waals surface area contributed by atoms with Crippen molar-refractivity contribution in [3.05, 3.63) is 134 Å². The molecule has 1 heterocycles. The SMILES string of the molecule is CC/C=C\C/C=C\C/C=C\C/C=C\C/C=C\C/C=C\C/C=C\C/C=C\C/C=C\C/C=C\CCCCCCCCCCCCC(=O)NC(COC1OC(CO)C(O)C(O)C1O)C(O)/C=C/CCCCCC. The van der Waals surface area contributed by atoms with Crippen molar-refractivity contribution in [3.8, 4) is 0 Å². The van der Waals surface area contributed by atoms with Crippen LogP contribution in [0.3, 0.4) is 0 Å². The molecule has 0 aliphatic carbocycles. The van der Waals surface area contributed by atoms with Crippen LogP contribution in [-0.2, 0) is 14.3 Å². The molecule has 7 atom stereocenters. The van der Waals surface area contributed by atoms with Crippen molar-refractivity contribution in [3.63, 3.8) is 0 Å². The van der Waals surface area contributed by atoms with Gasteiger partial charge in [-0.15, -0.1) is 0 Å². The second-order valence-corrected chi connectivity index (χ2v) is 18.3. The summed E-state index contributed by atoms with van der Waals surface area (Å²) in [5.41, 5.74) is 0. The minimum absolute atomic E-state index is 0.194. The first-order valence-corrected chi connectivity index (χ1v) is 27.4. The topological polar surface area (TPSA) is 149 Å². The van der Waals surface area contributed by atoms with Crippen LogP contribution in [0.25, 0.3) is 0 Å². The van der Waals surface area contributed by atoms with E-state index >= 15 is 0 Å². The van der Waals surface area contributed by atoms with Gasteiger partial charge in [-0.2, -0.15) is 0 Å². The maximum Gasteiger partial charge on any atom is 0.220 e. The largest absolute Gasteiger partial charge is 0.394 e. The Morgan fingerprint density at radius 1 is 0.500 bits per heavy atom. The lowest BCUT2D eigenvalue weighted by Crippen LogP contribution is -2.60. The third-order valence-corrected chi connectivity index (χ3v) is 12.0. The predicted octanol–water partition coefficient (Wildman–Crippen LogP) is 13.3. The second-order valence-electron chi connectivity index (χ2n) is 18.3. The molecule has 1 aliphatic heterocycles. The van der Waals surface area contributed by atoms with Crippen LogP contribution < -0.4 is 5.32 Å². The molecule has 0 aromatic rings. The first-order valence-electron chi connectivity index (χ1n) is 27.4. The fraction of sp³-hybridized carbons (Fsp3) is 0.623. The minimum atomic E-state index is -1.57. The summed E-state index contributed by atoms with van der Waals surface area (Å²) in [5, 5.41) is 53.9. The van der Waals surface area contributed by atoms with Gasteiger partial charge in [-0.1, -0.05) is 218 Å². The molecule has 6 N–H and O–H groups in total. The first-order chi connectivity index (χ1) is 34.3. The van der Waals surface area contributed by atoms with Crippen LogP contribution in [0, 0.1) is 0 Å². The smallest absolute Gasteiger partial charge is 0.220 e. The Morgan fingerprint density at radius 2 is 0.886 bits per heavy atom. The van der Waals surface area contributed by atoms with E-state index in [1.165, 1.54) is 38.5 Å². The van der Waals surface area contributed by atoms with E-state index in [1.54, 1.807) is 6.08 Å². The summed E-state index contributed by atoms with van der Waals surface area (Å²) >= 11 is 0. The number of unbranched alkanes of at least 4 members (excludes halogenated alkanes) is 14. The average Bonchev–Trinajstić information content (AvgIpc) is 3.36. The molecule has 0 aromatic heterocycles. The van der Waals surface area contributed by atoms with Crippen molar-refractivity contribution in [1.82, 2.24) is 5.32 Å². The second kappa shape index (κ2) is 48.9. The lowest BCUT2D eigenvalue weighted by atomic mass is 9.99. The summed E-state index contributed by atoms with van der Waals surface area (Å²) < 4.78 is 11.1.